The van der Waals surface area contributed by atoms with Gasteiger partial charge in [-0.05, 0) is 45.2 Å². The highest BCUT2D eigenvalue weighted by atomic mass is 35.5. The molecule has 4 nitrogen and oxygen atoms in total. The van der Waals surface area contributed by atoms with Gasteiger partial charge < -0.3 is 4.74 Å². The van der Waals surface area contributed by atoms with Crippen LogP contribution in [0.1, 0.15) is 48.5 Å². The average molecular weight is 304 g/mol. The molecule has 1 saturated carbocycles. The molecule has 2 heterocycles. The van der Waals surface area contributed by atoms with Gasteiger partial charge in [0, 0.05) is 17.2 Å². The standard InChI is InChI=1S/C16H18ClN3O/c1-4-12-13(8-5-9(2)18-12)21-16-10(3)14(17)19-15(20-16)11-6-7-11/h5,8,11H,4,6-7H2,1-3H3. The zero-order chi connectivity index (χ0) is 15.0. The second-order valence-corrected chi connectivity index (χ2v) is 5.79. The van der Waals surface area contributed by atoms with Crippen LogP contribution >= 0.6 is 11.6 Å². The fraction of sp³-hybridized carbons (Fsp3) is 0.438. The molecule has 2 aromatic heterocycles. The second kappa shape index (κ2) is 5.60. The summed E-state index contributed by atoms with van der Waals surface area (Å²) in [4.78, 5) is 13.4. The number of halogens is 1. The van der Waals surface area contributed by atoms with E-state index >= 15 is 0 Å². The van der Waals surface area contributed by atoms with Crippen molar-refractivity contribution >= 4 is 11.6 Å². The van der Waals surface area contributed by atoms with Crippen LogP contribution in [0.25, 0.3) is 0 Å². The van der Waals surface area contributed by atoms with E-state index in [2.05, 4.69) is 21.9 Å². The maximum absolute atomic E-state index is 6.21. The lowest BCUT2D eigenvalue weighted by Gasteiger charge is -2.12. The summed E-state index contributed by atoms with van der Waals surface area (Å²) in [6, 6.07) is 3.88. The third-order valence-corrected chi connectivity index (χ3v) is 3.98. The van der Waals surface area contributed by atoms with E-state index in [0.717, 1.165) is 47.8 Å². The van der Waals surface area contributed by atoms with Gasteiger partial charge in [0.1, 0.15) is 11.0 Å². The van der Waals surface area contributed by atoms with Gasteiger partial charge in [-0.3, -0.25) is 4.98 Å². The number of hydrogen-bond acceptors (Lipinski definition) is 4. The summed E-state index contributed by atoms with van der Waals surface area (Å²) in [6.45, 7) is 5.91. The molecular weight excluding hydrogens is 286 g/mol. The number of hydrogen-bond donors (Lipinski definition) is 0. The smallest absolute Gasteiger partial charge is 0.227 e. The number of ether oxygens (including phenoxy) is 1. The van der Waals surface area contributed by atoms with E-state index in [1.165, 1.54) is 0 Å². The minimum Gasteiger partial charge on any atom is -0.437 e. The highest BCUT2D eigenvalue weighted by Gasteiger charge is 2.28. The summed E-state index contributed by atoms with van der Waals surface area (Å²) in [7, 11) is 0. The molecule has 21 heavy (non-hydrogen) atoms. The number of aryl methyl sites for hydroxylation is 2. The van der Waals surface area contributed by atoms with E-state index in [9.17, 15) is 0 Å². The SMILES string of the molecule is CCc1nc(C)ccc1Oc1nc(C2CC2)nc(Cl)c1C. The van der Waals surface area contributed by atoms with E-state index in [-0.39, 0.29) is 0 Å². The fourth-order valence-corrected chi connectivity index (χ4v) is 2.32. The van der Waals surface area contributed by atoms with Crippen LogP contribution in [0.4, 0.5) is 0 Å². The Kier molecular flexibility index (Phi) is 3.81. The lowest BCUT2D eigenvalue weighted by atomic mass is 10.2. The number of nitrogens with zero attached hydrogens (tertiary/aromatic N) is 3. The molecule has 1 fully saturated rings. The van der Waals surface area contributed by atoms with Gasteiger partial charge in [-0.25, -0.2) is 4.98 Å². The Balaban J connectivity index is 1.97. The van der Waals surface area contributed by atoms with E-state index in [1.54, 1.807) is 0 Å². The Morgan fingerprint density at radius 1 is 1.19 bits per heavy atom. The first-order chi connectivity index (χ1) is 10.1. The van der Waals surface area contributed by atoms with Crippen LogP contribution < -0.4 is 4.74 Å². The van der Waals surface area contributed by atoms with Gasteiger partial charge in [-0.1, -0.05) is 18.5 Å². The quantitative estimate of drug-likeness (QED) is 0.787. The molecule has 0 spiro atoms. The van der Waals surface area contributed by atoms with Gasteiger partial charge in [-0.2, -0.15) is 4.98 Å². The molecule has 0 bridgehead atoms. The van der Waals surface area contributed by atoms with Crippen LogP contribution in [-0.4, -0.2) is 15.0 Å². The number of aromatic nitrogens is 3. The van der Waals surface area contributed by atoms with Crippen molar-refractivity contribution in [2.24, 2.45) is 0 Å². The largest absolute Gasteiger partial charge is 0.437 e. The minimum absolute atomic E-state index is 0.437. The monoisotopic (exact) mass is 303 g/mol. The normalized spacial score (nSPS) is 14.3. The average Bonchev–Trinajstić information content (AvgIpc) is 3.29. The summed E-state index contributed by atoms with van der Waals surface area (Å²) in [5.41, 5.74) is 2.68. The molecule has 0 saturated heterocycles. The van der Waals surface area contributed by atoms with Gasteiger partial charge >= 0.3 is 0 Å². The molecule has 0 atom stereocenters. The topological polar surface area (TPSA) is 47.9 Å². The maximum Gasteiger partial charge on any atom is 0.227 e. The predicted octanol–water partition coefficient (Wildman–Crippen LogP) is 4.37. The van der Waals surface area contributed by atoms with Crippen molar-refractivity contribution in [1.82, 2.24) is 15.0 Å². The van der Waals surface area contributed by atoms with E-state index in [1.807, 2.05) is 26.0 Å². The van der Waals surface area contributed by atoms with Crippen molar-refractivity contribution in [3.05, 3.63) is 40.1 Å². The first-order valence-electron chi connectivity index (χ1n) is 7.27. The summed E-state index contributed by atoms with van der Waals surface area (Å²) >= 11 is 6.21. The van der Waals surface area contributed by atoms with Crippen molar-refractivity contribution < 1.29 is 4.74 Å². The molecule has 0 unspecified atom stereocenters. The molecule has 0 aromatic carbocycles. The summed E-state index contributed by atoms with van der Waals surface area (Å²) in [5.74, 6) is 2.51. The number of pyridine rings is 1. The van der Waals surface area contributed by atoms with Crippen molar-refractivity contribution in [2.45, 2.75) is 46.0 Å². The van der Waals surface area contributed by atoms with Crippen LogP contribution in [0, 0.1) is 13.8 Å². The molecule has 110 valence electrons. The van der Waals surface area contributed by atoms with Crippen LogP contribution in [-0.2, 0) is 6.42 Å². The van der Waals surface area contributed by atoms with Gasteiger partial charge in [0.25, 0.3) is 0 Å². The Hall–Kier alpha value is -1.68. The Morgan fingerprint density at radius 2 is 1.95 bits per heavy atom. The van der Waals surface area contributed by atoms with Crippen molar-refractivity contribution in [1.29, 1.82) is 0 Å². The molecule has 3 rings (SSSR count). The van der Waals surface area contributed by atoms with Crippen LogP contribution in [0.2, 0.25) is 5.15 Å². The molecular formula is C16H18ClN3O. The Bertz CT molecular complexity index is 683. The fourth-order valence-electron chi connectivity index (χ4n) is 2.16. The van der Waals surface area contributed by atoms with Crippen LogP contribution in [0.15, 0.2) is 12.1 Å². The molecule has 0 N–H and O–H groups in total. The van der Waals surface area contributed by atoms with Gasteiger partial charge in [0.05, 0.1) is 5.69 Å². The second-order valence-electron chi connectivity index (χ2n) is 5.43. The van der Waals surface area contributed by atoms with Gasteiger partial charge in [0.15, 0.2) is 5.75 Å². The van der Waals surface area contributed by atoms with Crippen molar-refractivity contribution in [3.8, 4) is 11.6 Å². The summed E-state index contributed by atoms with van der Waals surface area (Å²) < 4.78 is 5.99. The first-order valence-corrected chi connectivity index (χ1v) is 7.64. The van der Waals surface area contributed by atoms with E-state index < -0.39 is 0 Å². The van der Waals surface area contributed by atoms with Crippen LogP contribution in [0.5, 0.6) is 11.6 Å². The molecule has 1 aliphatic rings. The van der Waals surface area contributed by atoms with E-state index in [4.69, 9.17) is 16.3 Å². The van der Waals surface area contributed by atoms with Crippen molar-refractivity contribution in [3.63, 3.8) is 0 Å². The molecule has 2 aromatic rings. The molecule has 5 heteroatoms. The zero-order valence-corrected chi connectivity index (χ0v) is 13.2. The van der Waals surface area contributed by atoms with Gasteiger partial charge in [0.2, 0.25) is 5.88 Å². The summed E-state index contributed by atoms with van der Waals surface area (Å²) in [5, 5.41) is 0.472. The highest BCUT2D eigenvalue weighted by molar-refractivity contribution is 6.30. The minimum atomic E-state index is 0.437. The third kappa shape index (κ3) is 3.00. The molecule has 1 aliphatic carbocycles. The summed E-state index contributed by atoms with van der Waals surface area (Å²) in [6.07, 6.45) is 3.07. The van der Waals surface area contributed by atoms with Gasteiger partial charge in [-0.15, -0.1) is 0 Å². The molecule has 0 amide bonds. The zero-order valence-electron chi connectivity index (χ0n) is 12.5. The van der Waals surface area contributed by atoms with Crippen molar-refractivity contribution in [2.75, 3.05) is 0 Å². The third-order valence-electron chi connectivity index (χ3n) is 3.61. The van der Waals surface area contributed by atoms with Crippen LogP contribution in [0.3, 0.4) is 0 Å². The predicted molar refractivity (Wildman–Crippen MR) is 82.2 cm³/mol. The first kappa shape index (κ1) is 14.3. The lowest BCUT2D eigenvalue weighted by Crippen LogP contribution is -2.02. The Morgan fingerprint density at radius 3 is 2.62 bits per heavy atom. The Labute approximate surface area is 129 Å². The van der Waals surface area contributed by atoms with E-state index in [0.29, 0.717) is 17.0 Å². The highest BCUT2D eigenvalue weighted by Crippen LogP contribution is 2.40. The molecule has 0 radical (unpaired) electrons. The molecule has 0 aliphatic heterocycles. The maximum atomic E-state index is 6.21. The number of rotatable bonds is 4. The lowest BCUT2D eigenvalue weighted by molar-refractivity contribution is 0.446.